The number of carbonyl (C=O) groups excluding carboxylic acids is 3. The molecule has 10 heteroatoms. The highest BCUT2D eigenvalue weighted by atomic mass is 19.4. The number of imide groups is 1. The highest BCUT2D eigenvalue weighted by Crippen LogP contribution is 2.39. The van der Waals surface area contributed by atoms with Gasteiger partial charge in [-0.2, -0.15) is 13.2 Å². The quantitative estimate of drug-likeness (QED) is 0.432. The molecule has 1 N–H and O–H groups in total. The number of amides is 3. The normalized spacial score (nSPS) is 25.7. The van der Waals surface area contributed by atoms with Gasteiger partial charge in [-0.3, -0.25) is 19.7 Å². The van der Waals surface area contributed by atoms with Crippen LogP contribution in [0.25, 0.3) is 0 Å². The Kier molecular flexibility index (Phi) is 8.21. The molecular weight excluding hydrogens is 509 g/mol. The minimum absolute atomic E-state index is 0.126. The van der Waals surface area contributed by atoms with Crippen molar-refractivity contribution < 1.29 is 27.6 Å². The van der Waals surface area contributed by atoms with Gasteiger partial charge in [0, 0.05) is 54.8 Å². The van der Waals surface area contributed by atoms with Gasteiger partial charge < -0.3 is 14.7 Å². The molecule has 1 saturated heterocycles. The second-order valence-electron chi connectivity index (χ2n) is 11.8. The lowest BCUT2D eigenvalue weighted by Gasteiger charge is -2.41. The van der Waals surface area contributed by atoms with Crippen LogP contribution < -0.4 is 10.2 Å². The van der Waals surface area contributed by atoms with E-state index in [-0.39, 0.29) is 30.7 Å². The number of nitrogens with one attached hydrogen (secondary N) is 1. The number of hydrogen-bond acceptors (Lipinski definition) is 5. The fourth-order valence-corrected chi connectivity index (χ4v) is 6.59. The Morgan fingerprint density at radius 3 is 2.36 bits per heavy atom. The van der Waals surface area contributed by atoms with Gasteiger partial charge in [0.2, 0.25) is 11.8 Å². The van der Waals surface area contributed by atoms with Crippen LogP contribution in [0.1, 0.15) is 86.6 Å². The number of carbonyl (C=O) groups is 3. The van der Waals surface area contributed by atoms with Crippen molar-refractivity contribution in [1.82, 2.24) is 15.1 Å². The summed E-state index contributed by atoms with van der Waals surface area (Å²) in [5, 5.41) is 2.37. The van der Waals surface area contributed by atoms with Crippen LogP contribution in [0.3, 0.4) is 0 Å². The Bertz CT molecular complexity index is 1080. The number of nitrogens with zero attached hydrogens (tertiary/aromatic N) is 3. The Balaban J connectivity index is 1.28. The van der Waals surface area contributed by atoms with Gasteiger partial charge >= 0.3 is 6.18 Å². The number of alkyl halides is 3. The maximum Gasteiger partial charge on any atom is 0.389 e. The standard InChI is InChI=1S/C29H39F3N4O3/c1-34(16-3-15-29(30,31)32)20-8-10-21(11-9-20)35(17-14-19-6-7-19)24-5-2-4-22-23(24)18-36(28(22)39)25-12-13-26(37)33-27(25)38/h2,4-5,19-21,25H,3,6-18H2,1H3,(H,33,37,38). The van der Waals surface area contributed by atoms with Crippen LogP contribution in [0.15, 0.2) is 18.2 Å². The molecule has 1 aromatic rings. The van der Waals surface area contributed by atoms with Gasteiger partial charge in [0.15, 0.2) is 0 Å². The van der Waals surface area contributed by atoms with Gasteiger partial charge in [-0.05, 0) is 76.6 Å². The van der Waals surface area contributed by atoms with Crippen molar-refractivity contribution in [1.29, 1.82) is 0 Å². The highest BCUT2D eigenvalue weighted by molar-refractivity contribution is 6.06. The van der Waals surface area contributed by atoms with E-state index in [9.17, 15) is 27.6 Å². The van der Waals surface area contributed by atoms with Crippen LogP contribution in [-0.4, -0.2) is 72.0 Å². The van der Waals surface area contributed by atoms with E-state index >= 15 is 0 Å². The Morgan fingerprint density at radius 1 is 0.974 bits per heavy atom. The number of halogens is 3. The maximum atomic E-state index is 13.4. The fourth-order valence-electron chi connectivity index (χ4n) is 6.59. The summed E-state index contributed by atoms with van der Waals surface area (Å²) in [7, 11) is 1.94. The van der Waals surface area contributed by atoms with E-state index < -0.39 is 24.5 Å². The molecule has 4 aliphatic rings. The van der Waals surface area contributed by atoms with E-state index in [1.807, 2.05) is 19.2 Å². The second-order valence-corrected chi connectivity index (χ2v) is 11.8. The molecule has 0 bridgehead atoms. The molecule has 214 valence electrons. The topological polar surface area (TPSA) is 73.0 Å². The lowest BCUT2D eigenvalue weighted by atomic mass is 9.88. The lowest BCUT2D eigenvalue weighted by molar-refractivity contribution is -0.137. The first-order valence-electron chi connectivity index (χ1n) is 14.4. The van der Waals surface area contributed by atoms with Crippen molar-refractivity contribution in [3.8, 4) is 0 Å². The zero-order chi connectivity index (χ0) is 27.7. The first kappa shape index (κ1) is 27.9. The van der Waals surface area contributed by atoms with E-state index in [1.165, 1.54) is 12.8 Å². The van der Waals surface area contributed by atoms with Gasteiger partial charge in [0.05, 0.1) is 0 Å². The monoisotopic (exact) mass is 548 g/mol. The Morgan fingerprint density at radius 2 is 1.69 bits per heavy atom. The number of anilines is 1. The third-order valence-electron chi connectivity index (χ3n) is 9.04. The van der Waals surface area contributed by atoms with Crippen LogP contribution in [0.5, 0.6) is 0 Å². The van der Waals surface area contributed by atoms with Crippen LogP contribution in [0.2, 0.25) is 0 Å². The van der Waals surface area contributed by atoms with E-state index in [0.29, 0.717) is 31.1 Å². The molecule has 3 fully saturated rings. The molecule has 0 spiro atoms. The summed E-state index contributed by atoms with van der Waals surface area (Å²) in [6, 6.07) is 5.78. The minimum Gasteiger partial charge on any atom is -0.368 e. The summed E-state index contributed by atoms with van der Waals surface area (Å²) in [6.07, 6.45) is 3.24. The molecule has 2 aliphatic carbocycles. The first-order chi connectivity index (χ1) is 18.6. The molecule has 0 radical (unpaired) electrons. The predicted molar refractivity (Wildman–Crippen MR) is 141 cm³/mol. The lowest BCUT2D eigenvalue weighted by Crippen LogP contribution is -2.52. The van der Waals surface area contributed by atoms with Crippen molar-refractivity contribution in [3.05, 3.63) is 29.3 Å². The number of hydrogen-bond donors (Lipinski definition) is 1. The van der Waals surface area contributed by atoms with Gasteiger partial charge in [-0.15, -0.1) is 0 Å². The molecule has 1 unspecified atom stereocenters. The maximum absolute atomic E-state index is 13.4. The largest absolute Gasteiger partial charge is 0.389 e. The van der Waals surface area contributed by atoms with Gasteiger partial charge in [-0.1, -0.05) is 18.9 Å². The number of rotatable bonds is 10. The van der Waals surface area contributed by atoms with Gasteiger partial charge in [0.1, 0.15) is 6.04 Å². The van der Waals surface area contributed by atoms with Crippen molar-refractivity contribution in [2.45, 2.75) is 101 Å². The first-order valence-corrected chi connectivity index (χ1v) is 14.4. The van der Waals surface area contributed by atoms with Gasteiger partial charge in [0.25, 0.3) is 5.91 Å². The van der Waals surface area contributed by atoms with Crippen molar-refractivity contribution in [3.63, 3.8) is 0 Å². The summed E-state index contributed by atoms with van der Waals surface area (Å²) in [4.78, 5) is 43.8. The molecule has 2 saturated carbocycles. The van der Waals surface area contributed by atoms with Crippen LogP contribution in [-0.2, 0) is 16.1 Å². The van der Waals surface area contributed by atoms with Crippen molar-refractivity contribution >= 4 is 23.4 Å². The summed E-state index contributed by atoms with van der Waals surface area (Å²) >= 11 is 0. The van der Waals surface area contributed by atoms with Crippen molar-refractivity contribution in [2.24, 2.45) is 5.92 Å². The van der Waals surface area contributed by atoms with E-state index in [4.69, 9.17) is 0 Å². The molecule has 1 atom stereocenters. The number of fused-ring (bicyclic) bond motifs is 1. The fraction of sp³-hybridized carbons (Fsp3) is 0.690. The Hall–Kier alpha value is -2.62. The summed E-state index contributed by atoms with van der Waals surface area (Å²) < 4.78 is 37.8. The molecule has 5 rings (SSSR count). The average molecular weight is 549 g/mol. The number of benzene rings is 1. The SMILES string of the molecule is CN(CCCC(F)(F)F)C1CCC(N(CCC2CC2)c2cccc3c2CN(C2CCC(=O)NC2=O)C3=O)CC1. The second kappa shape index (κ2) is 11.5. The van der Waals surface area contributed by atoms with E-state index in [1.54, 1.807) is 4.90 Å². The minimum atomic E-state index is -4.11. The number of piperidine rings is 1. The van der Waals surface area contributed by atoms with E-state index in [0.717, 1.165) is 55.8 Å². The molecule has 39 heavy (non-hydrogen) atoms. The van der Waals surface area contributed by atoms with Crippen LogP contribution in [0.4, 0.5) is 18.9 Å². The van der Waals surface area contributed by atoms with E-state index in [2.05, 4.69) is 21.2 Å². The Labute approximate surface area is 228 Å². The molecule has 2 heterocycles. The van der Waals surface area contributed by atoms with Crippen molar-refractivity contribution in [2.75, 3.05) is 25.0 Å². The highest BCUT2D eigenvalue weighted by Gasteiger charge is 2.41. The summed E-state index contributed by atoms with van der Waals surface area (Å²) in [6.45, 7) is 1.71. The zero-order valence-electron chi connectivity index (χ0n) is 22.6. The van der Waals surface area contributed by atoms with Crippen LogP contribution >= 0.6 is 0 Å². The third-order valence-corrected chi connectivity index (χ3v) is 9.04. The molecule has 7 nitrogen and oxygen atoms in total. The molecule has 1 aromatic carbocycles. The smallest absolute Gasteiger partial charge is 0.368 e. The zero-order valence-corrected chi connectivity index (χ0v) is 22.6. The summed E-state index contributed by atoms with van der Waals surface area (Å²) in [5.41, 5.74) is 2.64. The molecule has 2 aliphatic heterocycles. The third kappa shape index (κ3) is 6.58. The predicted octanol–water partition coefficient (Wildman–Crippen LogP) is 4.64. The van der Waals surface area contributed by atoms with Gasteiger partial charge in [-0.25, -0.2) is 0 Å². The molecule has 0 aromatic heterocycles. The average Bonchev–Trinajstić information content (AvgIpc) is 3.66. The molecule has 3 amide bonds. The summed E-state index contributed by atoms with van der Waals surface area (Å²) in [5.74, 6) is -0.110. The molecular formula is C29H39F3N4O3. The van der Waals surface area contributed by atoms with Crippen LogP contribution in [0, 0.1) is 5.92 Å².